The minimum Gasteiger partial charge on any atom is -0.466 e. The third-order valence-corrected chi connectivity index (χ3v) is 4.93. The first kappa shape index (κ1) is 25.6. The summed E-state index contributed by atoms with van der Waals surface area (Å²) in [5.74, 6) is -0.791. The molecule has 0 bridgehead atoms. The number of carbonyl (C=O) groups is 3. The van der Waals surface area contributed by atoms with Gasteiger partial charge in [-0.05, 0) is 45.4 Å². The van der Waals surface area contributed by atoms with Crippen molar-refractivity contribution in [3.05, 3.63) is 29.8 Å². The van der Waals surface area contributed by atoms with E-state index in [1.165, 1.54) is 14.2 Å². The van der Waals surface area contributed by atoms with Gasteiger partial charge in [-0.3, -0.25) is 10.1 Å². The Balaban J connectivity index is 1.99. The van der Waals surface area contributed by atoms with E-state index in [-0.39, 0.29) is 18.4 Å². The highest BCUT2D eigenvalue weighted by Gasteiger charge is 2.46. The van der Waals surface area contributed by atoms with Crippen LogP contribution < -0.4 is 15.4 Å². The third-order valence-electron chi connectivity index (χ3n) is 4.93. The summed E-state index contributed by atoms with van der Waals surface area (Å²) < 4.78 is 26.4. The highest BCUT2D eigenvalue weighted by Crippen LogP contribution is 2.29. The molecule has 1 unspecified atom stereocenters. The van der Waals surface area contributed by atoms with Crippen LogP contribution in [0.4, 0.5) is 4.79 Å². The lowest BCUT2D eigenvalue weighted by atomic mass is 10.1. The fourth-order valence-corrected chi connectivity index (χ4v) is 3.35. The van der Waals surface area contributed by atoms with Gasteiger partial charge in [0.15, 0.2) is 6.29 Å². The first-order chi connectivity index (χ1) is 15.3. The summed E-state index contributed by atoms with van der Waals surface area (Å²) in [7, 11) is 3.04. The molecule has 1 aromatic rings. The molecule has 178 valence electrons. The topological polar surface area (TPSA) is 121 Å². The number of hydrogen-bond acceptors (Lipinski definition) is 9. The van der Waals surface area contributed by atoms with E-state index in [4.69, 9.17) is 23.7 Å². The molecule has 0 saturated carbocycles. The second kappa shape index (κ2) is 12.4. The number of nitrogens with one attached hydrogen (secondary N) is 2. The van der Waals surface area contributed by atoms with E-state index in [9.17, 15) is 14.4 Å². The molecule has 2 atom stereocenters. The lowest BCUT2D eigenvalue weighted by molar-refractivity contribution is -0.157. The van der Waals surface area contributed by atoms with Crippen LogP contribution in [0.15, 0.2) is 24.3 Å². The van der Waals surface area contributed by atoms with Crippen LogP contribution in [0.3, 0.4) is 0 Å². The molecule has 1 amide bonds. The molecular formula is C22H32N2O8. The first-order valence-electron chi connectivity index (χ1n) is 10.6. The summed E-state index contributed by atoms with van der Waals surface area (Å²) in [6, 6.07) is 6.57. The summed E-state index contributed by atoms with van der Waals surface area (Å²) >= 11 is 0. The molecule has 1 aromatic carbocycles. The molecule has 2 rings (SSSR count). The number of methoxy groups -OCH3 is 2. The van der Waals surface area contributed by atoms with Crippen LogP contribution in [-0.4, -0.2) is 57.2 Å². The highest BCUT2D eigenvalue weighted by molar-refractivity contribution is 5.90. The number of benzene rings is 1. The second-order valence-electron chi connectivity index (χ2n) is 7.40. The maximum atomic E-state index is 12.9. The van der Waals surface area contributed by atoms with Crippen LogP contribution in [0, 0.1) is 0 Å². The molecule has 1 fully saturated rings. The Morgan fingerprint density at radius 3 is 2.59 bits per heavy atom. The Morgan fingerprint density at radius 2 is 1.97 bits per heavy atom. The Morgan fingerprint density at radius 1 is 1.22 bits per heavy atom. The van der Waals surface area contributed by atoms with Crippen molar-refractivity contribution < 1.29 is 38.1 Å². The minimum absolute atomic E-state index is 0.151. The van der Waals surface area contributed by atoms with E-state index < -0.39 is 24.1 Å². The normalized spacial score (nSPS) is 18.8. The Hall–Kier alpha value is -2.69. The average molecular weight is 453 g/mol. The van der Waals surface area contributed by atoms with Crippen LogP contribution in [0.25, 0.3) is 0 Å². The van der Waals surface area contributed by atoms with E-state index in [1.54, 1.807) is 32.0 Å². The van der Waals surface area contributed by atoms with Gasteiger partial charge in [0.2, 0.25) is 0 Å². The molecule has 1 aliphatic heterocycles. The summed E-state index contributed by atoms with van der Waals surface area (Å²) in [5, 5.41) is 5.55. The van der Waals surface area contributed by atoms with Crippen molar-refractivity contribution >= 4 is 18.0 Å². The van der Waals surface area contributed by atoms with E-state index in [0.717, 1.165) is 0 Å². The fraction of sp³-hybridized carbons (Fsp3) is 0.591. The van der Waals surface area contributed by atoms with E-state index in [0.29, 0.717) is 43.7 Å². The molecule has 2 N–H and O–H groups in total. The van der Waals surface area contributed by atoms with Crippen molar-refractivity contribution in [3.63, 3.8) is 0 Å². The van der Waals surface area contributed by atoms with Crippen LogP contribution >= 0.6 is 0 Å². The van der Waals surface area contributed by atoms with E-state index in [1.807, 2.05) is 6.07 Å². The van der Waals surface area contributed by atoms with Gasteiger partial charge < -0.3 is 29.0 Å². The van der Waals surface area contributed by atoms with E-state index >= 15 is 0 Å². The van der Waals surface area contributed by atoms with Crippen molar-refractivity contribution in [2.45, 2.75) is 57.6 Å². The van der Waals surface area contributed by atoms with E-state index in [2.05, 4.69) is 10.6 Å². The second-order valence-corrected chi connectivity index (χ2v) is 7.40. The molecule has 10 nitrogen and oxygen atoms in total. The fourth-order valence-electron chi connectivity index (χ4n) is 3.35. The largest absolute Gasteiger partial charge is 0.466 e. The standard InChI is InChI=1S/C22H32N2O8/c1-5-30-18(25)11-10-15(2)24-21(27)31-20(26)22(12-7-13-23-22)32-17-9-6-8-16(14-17)19(28-3)29-4/h6,8-9,14-15,19,23H,5,7,10-13H2,1-4H3,(H,24,27)/t15?,22-/m1/s1. The molecule has 0 aliphatic carbocycles. The van der Waals surface area contributed by atoms with Crippen LogP contribution in [0.1, 0.15) is 51.4 Å². The van der Waals surface area contributed by atoms with Gasteiger partial charge in [-0.25, -0.2) is 9.59 Å². The lowest BCUT2D eigenvalue weighted by Crippen LogP contribution is -2.55. The zero-order chi connectivity index (χ0) is 23.6. The average Bonchev–Trinajstić information content (AvgIpc) is 3.23. The van der Waals surface area contributed by atoms with Crippen molar-refractivity contribution in [1.82, 2.24) is 10.6 Å². The van der Waals surface area contributed by atoms with Crippen molar-refractivity contribution in [2.75, 3.05) is 27.4 Å². The third kappa shape index (κ3) is 7.18. The van der Waals surface area contributed by atoms with Gasteiger partial charge in [-0.2, -0.15) is 0 Å². The molecule has 10 heteroatoms. The molecule has 1 heterocycles. The SMILES string of the molecule is CCOC(=O)CCC(C)NC(=O)OC(=O)[C@]1(Oc2cccc(C(OC)OC)c2)CCCN1. The van der Waals surface area contributed by atoms with Crippen LogP contribution in [0.2, 0.25) is 0 Å². The molecule has 0 radical (unpaired) electrons. The predicted octanol–water partition coefficient (Wildman–Crippen LogP) is 2.42. The monoisotopic (exact) mass is 452 g/mol. The van der Waals surface area contributed by atoms with Gasteiger partial charge in [0.05, 0.1) is 6.61 Å². The Kier molecular flexibility index (Phi) is 9.89. The zero-order valence-electron chi connectivity index (χ0n) is 19.0. The first-order valence-corrected chi connectivity index (χ1v) is 10.6. The maximum absolute atomic E-state index is 12.9. The molecule has 32 heavy (non-hydrogen) atoms. The maximum Gasteiger partial charge on any atom is 0.415 e. The number of rotatable bonds is 11. The molecular weight excluding hydrogens is 420 g/mol. The summed E-state index contributed by atoms with van der Waals surface area (Å²) in [5.41, 5.74) is -0.776. The summed E-state index contributed by atoms with van der Waals surface area (Å²) in [6.07, 6.45) is 0.0216. The number of alkyl carbamates (subject to hydrolysis) is 1. The molecule has 0 spiro atoms. The van der Waals surface area contributed by atoms with Gasteiger partial charge in [0.25, 0.3) is 5.72 Å². The minimum atomic E-state index is -1.49. The number of amides is 1. The van der Waals surface area contributed by atoms with Crippen molar-refractivity contribution in [3.8, 4) is 5.75 Å². The smallest absolute Gasteiger partial charge is 0.415 e. The quantitative estimate of drug-likeness (QED) is 0.296. The zero-order valence-corrected chi connectivity index (χ0v) is 19.0. The van der Waals surface area contributed by atoms with Gasteiger partial charge in [0.1, 0.15) is 5.75 Å². The van der Waals surface area contributed by atoms with Crippen molar-refractivity contribution in [2.24, 2.45) is 0 Å². The van der Waals surface area contributed by atoms with Gasteiger partial charge in [0, 0.05) is 38.7 Å². The Labute approximate surface area is 187 Å². The van der Waals surface area contributed by atoms with Crippen molar-refractivity contribution in [1.29, 1.82) is 0 Å². The van der Waals surface area contributed by atoms with Gasteiger partial charge >= 0.3 is 18.0 Å². The lowest BCUT2D eigenvalue weighted by Gasteiger charge is -2.28. The van der Waals surface area contributed by atoms with Crippen LogP contribution in [-0.2, 0) is 28.5 Å². The molecule has 1 saturated heterocycles. The number of hydrogen-bond donors (Lipinski definition) is 2. The number of esters is 2. The highest BCUT2D eigenvalue weighted by atomic mass is 16.7. The molecule has 0 aromatic heterocycles. The van der Waals surface area contributed by atoms with Gasteiger partial charge in [-0.15, -0.1) is 0 Å². The Bertz CT molecular complexity index is 775. The predicted molar refractivity (Wildman–Crippen MR) is 114 cm³/mol. The number of ether oxygens (including phenoxy) is 5. The molecule has 1 aliphatic rings. The summed E-state index contributed by atoms with van der Waals surface area (Å²) in [6.45, 7) is 4.26. The van der Waals surface area contributed by atoms with Gasteiger partial charge in [-0.1, -0.05) is 12.1 Å². The van der Waals surface area contributed by atoms with Crippen LogP contribution in [0.5, 0.6) is 5.75 Å². The summed E-state index contributed by atoms with van der Waals surface area (Å²) in [4.78, 5) is 36.5. The number of carbonyl (C=O) groups excluding carboxylic acids is 3.